The highest BCUT2D eigenvalue weighted by atomic mass is 19.1. The van der Waals surface area contributed by atoms with E-state index < -0.39 is 34.8 Å². The van der Waals surface area contributed by atoms with Crippen LogP contribution in [-0.2, 0) is 29.5 Å². The van der Waals surface area contributed by atoms with Gasteiger partial charge in [-0.3, -0.25) is 4.79 Å². The Kier molecular flexibility index (Phi) is 7.60. The van der Waals surface area contributed by atoms with Crippen molar-refractivity contribution < 1.29 is 22.7 Å². The SMILES string of the molecule is C=C(F)C(=O)N1CCN(c2nc(OCC3CCCN3C)nc3c2CCC2(CCc4c(F)cc(F)cc42)C3)CC1CC#N. The quantitative estimate of drug-likeness (QED) is 0.478. The zero-order valence-electron chi connectivity index (χ0n) is 23.8. The van der Waals surface area contributed by atoms with Gasteiger partial charge in [-0.25, -0.2) is 13.2 Å². The number of carbonyl (C=O) groups is 1. The Morgan fingerprint density at radius 1 is 1.17 bits per heavy atom. The molecule has 11 heteroatoms. The van der Waals surface area contributed by atoms with Crippen LogP contribution in [0.25, 0.3) is 0 Å². The zero-order chi connectivity index (χ0) is 29.6. The number of hydrogen-bond donors (Lipinski definition) is 0. The number of halogens is 3. The molecule has 1 aromatic carbocycles. The predicted molar refractivity (Wildman–Crippen MR) is 150 cm³/mol. The van der Waals surface area contributed by atoms with E-state index in [9.17, 15) is 23.2 Å². The molecule has 1 amide bonds. The predicted octanol–water partition coefficient (Wildman–Crippen LogP) is 4.01. The van der Waals surface area contributed by atoms with Crippen LogP contribution in [0.1, 0.15) is 54.5 Å². The number of ether oxygens (including phenoxy) is 1. The lowest BCUT2D eigenvalue weighted by atomic mass is 9.69. The van der Waals surface area contributed by atoms with Gasteiger partial charge in [0.1, 0.15) is 24.1 Å². The highest BCUT2D eigenvalue weighted by Crippen LogP contribution is 2.49. The first-order valence-electron chi connectivity index (χ1n) is 14.7. The molecule has 0 bridgehead atoms. The molecule has 42 heavy (non-hydrogen) atoms. The minimum Gasteiger partial charge on any atom is -0.462 e. The van der Waals surface area contributed by atoms with Crippen molar-refractivity contribution >= 4 is 11.7 Å². The smallest absolute Gasteiger partial charge is 0.318 e. The van der Waals surface area contributed by atoms with Crippen molar-refractivity contribution in [1.82, 2.24) is 19.8 Å². The third-order valence-corrected chi connectivity index (χ3v) is 9.67. The van der Waals surface area contributed by atoms with Crippen molar-refractivity contribution in [1.29, 1.82) is 5.26 Å². The second-order valence-corrected chi connectivity index (χ2v) is 12.1. The van der Waals surface area contributed by atoms with Crippen molar-refractivity contribution in [2.45, 2.75) is 68.9 Å². The van der Waals surface area contributed by atoms with Crippen LogP contribution in [0.15, 0.2) is 24.5 Å². The van der Waals surface area contributed by atoms with Crippen molar-refractivity contribution in [3.63, 3.8) is 0 Å². The summed E-state index contributed by atoms with van der Waals surface area (Å²) >= 11 is 0. The lowest BCUT2D eigenvalue weighted by Crippen LogP contribution is -2.55. The topological polar surface area (TPSA) is 85.6 Å². The second kappa shape index (κ2) is 11.2. The number of anilines is 1. The van der Waals surface area contributed by atoms with Gasteiger partial charge in [-0.15, -0.1) is 0 Å². The molecule has 1 spiro atoms. The first kappa shape index (κ1) is 28.5. The number of rotatable bonds is 6. The molecule has 2 aliphatic heterocycles. The molecule has 2 fully saturated rings. The molecule has 2 saturated heterocycles. The average Bonchev–Trinajstić information content (AvgIpc) is 3.54. The Balaban J connectivity index is 1.35. The summed E-state index contributed by atoms with van der Waals surface area (Å²) in [4.78, 5) is 27.9. The molecule has 3 atom stereocenters. The minimum absolute atomic E-state index is 0.0389. The van der Waals surface area contributed by atoms with E-state index in [1.165, 1.54) is 11.0 Å². The normalized spacial score (nSPS) is 25.3. The highest BCUT2D eigenvalue weighted by Gasteiger charge is 2.45. The fourth-order valence-corrected chi connectivity index (χ4v) is 7.38. The standard InChI is InChI=1S/C31H35F3N6O2/c1-19(32)29(41)40-13-12-39(17-21(40)7-10-35)28-24-6-9-31(8-5-23-25(31)14-20(33)15-26(23)34)16-27(24)36-30(37-28)42-18-22-4-3-11-38(22)2/h14-15,21-22H,1,3-9,11-13,16-18H2,2H3. The number of hydrogen-bond acceptors (Lipinski definition) is 7. The summed E-state index contributed by atoms with van der Waals surface area (Å²) < 4.78 is 49.0. The summed E-state index contributed by atoms with van der Waals surface area (Å²) in [7, 11) is 2.07. The Morgan fingerprint density at radius 2 is 1.95 bits per heavy atom. The van der Waals surface area contributed by atoms with Gasteiger partial charge < -0.3 is 19.4 Å². The van der Waals surface area contributed by atoms with Gasteiger partial charge in [0.25, 0.3) is 5.91 Å². The van der Waals surface area contributed by atoms with E-state index in [4.69, 9.17) is 14.7 Å². The number of aromatic nitrogens is 2. The minimum atomic E-state index is -1.05. The lowest BCUT2D eigenvalue weighted by molar-refractivity contribution is -0.131. The van der Waals surface area contributed by atoms with Gasteiger partial charge in [-0.1, -0.05) is 6.58 Å². The third kappa shape index (κ3) is 5.10. The van der Waals surface area contributed by atoms with E-state index >= 15 is 0 Å². The van der Waals surface area contributed by atoms with Crippen molar-refractivity contribution in [2.24, 2.45) is 0 Å². The van der Waals surface area contributed by atoms with E-state index in [0.717, 1.165) is 42.3 Å². The monoisotopic (exact) mass is 580 g/mol. The van der Waals surface area contributed by atoms with Crippen LogP contribution >= 0.6 is 0 Å². The fourth-order valence-electron chi connectivity index (χ4n) is 7.38. The van der Waals surface area contributed by atoms with E-state index in [2.05, 4.69) is 24.6 Å². The Bertz CT molecular complexity index is 1460. The van der Waals surface area contributed by atoms with Gasteiger partial charge in [-0.05, 0) is 75.7 Å². The number of carbonyl (C=O) groups excluding carboxylic acids is 1. The van der Waals surface area contributed by atoms with E-state index in [0.29, 0.717) is 63.2 Å². The molecule has 222 valence electrons. The van der Waals surface area contributed by atoms with Crippen LogP contribution in [0, 0.1) is 23.0 Å². The summed E-state index contributed by atoms with van der Waals surface area (Å²) in [6.45, 7) is 5.50. The number of piperazine rings is 1. The maximum Gasteiger partial charge on any atom is 0.318 e. The molecule has 2 aliphatic carbocycles. The molecular weight excluding hydrogens is 545 g/mol. The molecule has 6 rings (SSSR count). The van der Waals surface area contributed by atoms with Crippen molar-refractivity contribution in [2.75, 3.05) is 44.7 Å². The maximum absolute atomic E-state index is 14.7. The molecule has 3 unspecified atom stereocenters. The molecule has 0 radical (unpaired) electrons. The van der Waals surface area contributed by atoms with Gasteiger partial charge in [0.15, 0.2) is 5.83 Å². The fraction of sp³-hybridized carbons (Fsp3) is 0.548. The van der Waals surface area contributed by atoms with Gasteiger partial charge in [0.2, 0.25) is 0 Å². The lowest BCUT2D eigenvalue weighted by Gasteiger charge is -2.42. The molecule has 0 N–H and O–H groups in total. The molecular formula is C31H35F3N6O2. The van der Waals surface area contributed by atoms with Crippen LogP contribution in [0.2, 0.25) is 0 Å². The largest absolute Gasteiger partial charge is 0.462 e. The number of nitrogens with zero attached hydrogens (tertiary/aromatic N) is 6. The molecule has 2 aromatic rings. The summed E-state index contributed by atoms with van der Waals surface area (Å²) in [6, 6.07) is 4.53. The van der Waals surface area contributed by atoms with Crippen LogP contribution in [0.4, 0.5) is 19.0 Å². The van der Waals surface area contributed by atoms with Gasteiger partial charge in [0.05, 0.1) is 24.2 Å². The van der Waals surface area contributed by atoms with Gasteiger partial charge in [-0.2, -0.15) is 15.2 Å². The number of fused-ring (bicyclic) bond motifs is 3. The number of nitriles is 1. The average molecular weight is 581 g/mol. The van der Waals surface area contributed by atoms with Crippen molar-refractivity contribution in [3.8, 4) is 12.1 Å². The molecule has 8 nitrogen and oxygen atoms in total. The van der Waals surface area contributed by atoms with E-state index in [1.807, 2.05) is 4.90 Å². The van der Waals surface area contributed by atoms with E-state index in [-0.39, 0.29) is 25.0 Å². The Labute approximate surface area is 243 Å². The van der Waals surface area contributed by atoms with Crippen LogP contribution in [0.5, 0.6) is 6.01 Å². The van der Waals surface area contributed by atoms with E-state index in [1.54, 1.807) is 0 Å². The van der Waals surface area contributed by atoms with Gasteiger partial charge in [0, 0.05) is 42.7 Å². The van der Waals surface area contributed by atoms with Crippen LogP contribution < -0.4 is 9.64 Å². The third-order valence-electron chi connectivity index (χ3n) is 9.67. The molecule has 0 saturated carbocycles. The van der Waals surface area contributed by atoms with Crippen LogP contribution in [0.3, 0.4) is 0 Å². The number of amides is 1. The summed E-state index contributed by atoms with van der Waals surface area (Å²) in [6.07, 6.45) is 5.24. The number of likely N-dealkylation sites (tertiary alicyclic amines) is 1. The number of likely N-dealkylation sites (N-methyl/N-ethyl adjacent to an activating group) is 1. The zero-order valence-corrected chi connectivity index (χ0v) is 23.8. The molecule has 3 heterocycles. The maximum atomic E-state index is 14.7. The summed E-state index contributed by atoms with van der Waals surface area (Å²) in [5, 5.41) is 9.46. The first-order valence-corrected chi connectivity index (χ1v) is 14.7. The Morgan fingerprint density at radius 3 is 2.67 bits per heavy atom. The van der Waals surface area contributed by atoms with Crippen LogP contribution in [-0.4, -0.2) is 77.6 Å². The Hall–Kier alpha value is -3.65. The number of benzene rings is 1. The summed E-state index contributed by atoms with van der Waals surface area (Å²) in [5.74, 6) is -2.23. The second-order valence-electron chi connectivity index (χ2n) is 12.1. The van der Waals surface area contributed by atoms with Gasteiger partial charge >= 0.3 is 6.01 Å². The molecule has 4 aliphatic rings. The highest BCUT2D eigenvalue weighted by molar-refractivity contribution is 5.91. The van der Waals surface area contributed by atoms with Crippen molar-refractivity contribution in [3.05, 3.63) is 58.6 Å². The molecule has 1 aromatic heterocycles. The first-order chi connectivity index (χ1) is 20.2. The summed E-state index contributed by atoms with van der Waals surface area (Å²) in [5.41, 5.74) is 2.64.